The maximum Gasteiger partial charge on any atom is 0.408 e. The van der Waals surface area contributed by atoms with Crippen molar-refractivity contribution in [3.63, 3.8) is 0 Å². The molecular formula is C11H11ClF3NO2. The number of benzene rings is 1. The first-order valence-corrected chi connectivity index (χ1v) is 5.47. The van der Waals surface area contributed by atoms with Crippen molar-refractivity contribution in [2.24, 2.45) is 0 Å². The van der Waals surface area contributed by atoms with Gasteiger partial charge in [0.2, 0.25) is 0 Å². The molecule has 0 fully saturated rings. The molecule has 7 heteroatoms. The van der Waals surface area contributed by atoms with Crippen molar-refractivity contribution in [2.45, 2.75) is 25.1 Å². The van der Waals surface area contributed by atoms with Gasteiger partial charge in [-0.05, 0) is 30.7 Å². The summed E-state index contributed by atoms with van der Waals surface area (Å²) in [6.45, 7) is 0. The van der Waals surface area contributed by atoms with Crippen LogP contribution >= 0.6 is 11.6 Å². The minimum Gasteiger partial charge on any atom is -0.481 e. The summed E-state index contributed by atoms with van der Waals surface area (Å²) in [5.41, 5.74) is 0.243. The molecule has 0 saturated heterocycles. The first-order chi connectivity index (χ1) is 8.29. The van der Waals surface area contributed by atoms with Gasteiger partial charge in [0, 0.05) is 17.1 Å². The molecule has 100 valence electrons. The molecule has 0 amide bonds. The third-order valence-corrected chi connectivity index (χ3v) is 2.48. The number of carboxylic acids is 1. The number of anilines is 1. The van der Waals surface area contributed by atoms with E-state index in [-0.39, 0.29) is 5.69 Å². The Morgan fingerprint density at radius 3 is 2.33 bits per heavy atom. The van der Waals surface area contributed by atoms with Crippen LogP contribution in [0, 0.1) is 0 Å². The van der Waals surface area contributed by atoms with Gasteiger partial charge in [-0.25, -0.2) is 0 Å². The first-order valence-electron chi connectivity index (χ1n) is 5.09. The fourth-order valence-electron chi connectivity index (χ4n) is 1.33. The molecule has 1 atom stereocenters. The minimum absolute atomic E-state index is 0.243. The normalized spacial score (nSPS) is 13.1. The van der Waals surface area contributed by atoms with E-state index in [0.717, 1.165) is 0 Å². The van der Waals surface area contributed by atoms with Gasteiger partial charge in [0.1, 0.15) is 6.04 Å². The zero-order valence-electron chi connectivity index (χ0n) is 9.17. The lowest BCUT2D eigenvalue weighted by Crippen LogP contribution is -2.36. The fraction of sp³-hybridized carbons (Fsp3) is 0.364. The van der Waals surface area contributed by atoms with Crippen LogP contribution in [0.3, 0.4) is 0 Å². The third-order valence-electron chi connectivity index (χ3n) is 2.23. The number of hydrogen-bond acceptors (Lipinski definition) is 2. The Kier molecular flexibility index (Phi) is 4.84. The second-order valence-electron chi connectivity index (χ2n) is 3.68. The second-order valence-corrected chi connectivity index (χ2v) is 4.11. The van der Waals surface area contributed by atoms with Gasteiger partial charge in [-0.2, -0.15) is 13.2 Å². The van der Waals surface area contributed by atoms with E-state index in [4.69, 9.17) is 16.7 Å². The molecule has 0 aromatic heterocycles. The quantitative estimate of drug-likeness (QED) is 0.868. The molecule has 0 aliphatic carbocycles. The van der Waals surface area contributed by atoms with Crippen molar-refractivity contribution < 1.29 is 23.1 Å². The molecule has 0 bridgehead atoms. The zero-order chi connectivity index (χ0) is 13.8. The molecule has 18 heavy (non-hydrogen) atoms. The van der Waals surface area contributed by atoms with E-state index in [9.17, 15) is 18.0 Å². The molecule has 1 unspecified atom stereocenters. The maximum absolute atomic E-state index is 12.7. The summed E-state index contributed by atoms with van der Waals surface area (Å²) in [7, 11) is 0. The van der Waals surface area contributed by atoms with Gasteiger partial charge in [0.15, 0.2) is 0 Å². The highest BCUT2D eigenvalue weighted by atomic mass is 35.5. The topological polar surface area (TPSA) is 49.3 Å². The number of nitrogens with one attached hydrogen (secondary N) is 1. The molecule has 0 radical (unpaired) electrons. The van der Waals surface area contributed by atoms with Crippen LogP contribution in [0.5, 0.6) is 0 Å². The van der Waals surface area contributed by atoms with Crippen molar-refractivity contribution in [1.29, 1.82) is 0 Å². The predicted molar refractivity (Wildman–Crippen MR) is 61.8 cm³/mol. The smallest absolute Gasteiger partial charge is 0.408 e. The summed E-state index contributed by atoms with van der Waals surface area (Å²) in [6, 6.07) is 3.82. The Hall–Kier alpha value is -1.43. The number of carbonyl (C=O) groups is 1. The lowest BCUT2D eigenvalue weighted by molar-refractivity contribution is -0.148. The van der Waals surface area contributed by atoms with E-state index >= 15 is 0 Å². The van der Waals surface area contributed by atoms with Crippen LogP contribution in [0.1, 0.15) is 12.8 Å². The van der Waals surface area contributed by atoms with Crippen LogP contribution in [0.15, 0.2) is 24.3 Å². The Balaban J connectivity index is 2.72. The summed E-state index contributed by atoms with van der Waals surface area (Å²) in [6.07, 6.45) is -5.58. The Bertz CT molecular complexity index is 406. The molecule has 0 heterocycles. The van der Waals surface area contributed by atoms with Crippen molar-refractivity contribution in [3.8, 4) is 0 Å². The fourth-order valence-corrected chi connectivity index (χ4v) is 1.46. The van der Waals surface area contributed by atoms with E-state index in [1.54, 1.807) is 0 Å². The molecule has 2 N–H and O–H groups in total. The van der Waals surface area contributed by atoms with Crippen LogP contribution in [-0.4, -0.2) is 23.3 Å². The lowest BCUT2D eigenvalue weighted by atomic mass is 10.1. The van der Waals surface area contributed by atoms with E-state index in [0.29, 0.717) is 5.02 Å². The summed E-state index contributed by atoms with van der Waals surface area (Å²) in [5, 5.41) is 11.1. The standard InChI is InChI=1S/C11H11ClF3NO2/c12-7-1-3-8(4-2-7)16-9(11(13,14)15)5-6-10(17)18/h1-4,9,16H,5-6H2,(H,17,18). The molecule has 0 aliphatic heterocycles. The largest absolute Gasteiger partial charge is 0.481 e. The number of halogens is 4. The number of aliphatic carboxylic acids is 1. The Morgan fingerprint density at radius 2 is 1.89 bits per heavy atom. The SMILES string of the molecule is O=C(O)CCC(Nc1ccc(Cl)cc1)C(F)(F)F. The average Bonchev–Trinajstić information content (AvgIpc) is 2.24. The van der Waals surface area contributed by atoms with Gasteiger partial charge >= 0.3 is 12.1 Å². The van der Waals surface area contributed by atoms with Gasteiger partial charge in [-0.1, -0.05) is 11.6 Å². The monoisotopic (exact) mass is 281 g/mol. The van der Waals surface area contributed by atoms with E-state index in [1.165, 1.54) is 24.3 Å². The van der Waals surface area contributed by atoms with Crippen molar-refractivity contribution in [3.05, 3.63) is 29.3 Å². The first kappa shape index (κ1) is 14.6. The molecular weight excluding hydrogens is 271 g/mol. The van der Waals surface area contributed by atoms with E-state index in [1.807, 2.05) is 0 Å². The van der Waals surface area contributed by atoms with Crippen LogP contribution in [0.25, 0.3) is 0 Å². The van der Waals surface area contributed by atoms with Gasteiger partial charge in [-0.3, -0.25) is 4.79 Å². The summed E-state index contributed by atoms with van der Waals surface area (Å²) in [5.74, 6) is -1.26. The van der Waals surface area contributed by atoms with Crippen molar-refractivity contribution in [2.75, 3.05) is 5.32 Å². The molecule has 1 aromatic carbocycles. The minimum atomic E-state index is -4.50. The van der Waals surface area contributed by atoms with Gasteiger partial charge in [0.05, 0.1) is 0 Å². The highest BCUT2D eigenvalue weighted by molar-refractivity contribution is 6.30. The predicted octanol–water partition coefficient (Wildman–Crippen LogP) is 3.55. The summed E-state index contributed by atoms with van der Waals surface area (Å²) in [4.78, 5) is 10.3. The Labute approximate surface area is 107 Å². The number of alkyl halides is 3. The lowest BCUT2D eigenvalue weighted by Gasteiger charge is -2.22. The number of hydrogen-bond donors (Lipinski definition) is 2. The van der Waals surface area contributed by atoms with Crippen molar-refractivity contribution >= 4 is 23.3 Å². The highest BCUT2D eigenvalue weighted by Gasteiger charge is 2.39. The van der Waals surface area contributed by atoms with Crippen LogP contribution in [-0.2, 0) is 4.79 Å². The highest BCUT2D eigenvalue weighted by Crippen LogP contribution is 2.27. The zero-order valence-corrected chi connectivity index (χ0v) is 9.92. The molecule has 0 aliphatic rings. The second kappa shape index (κ2) is 5.95. The van der Waals surface area contributed by atoms with E-state index in [2.05, 4.69) is 5.32 Å². The summed E-state index contributed by atoms with van der Waals surface area (Å²) < 4.78 is 38.0. The van der Waals surface area contributed by atoms with Crippen LogP contribution in [0.2, 0.25) is 5.02 Å². The summed E-state index contributed by atoms with van der Waals surface area (Å²) >= 11 is 5.61. The van der Waals surface area contributed by atoms with Crippen LogP contribution in [0.4, 0.5) is 18.9 Å². The molecule has 3 nitrogen and oxygen atoms in total. The van der Waals surface area contributed by atoms with Crippen molar-refractivity contribution in [1.82, 2.24) is 0 Å². The van der Waals surface area contributed by atoms with Gasteiger partial charge < -0.3 is 10.4 Å². The van der Waals surface area contributed by atoms with Gasteiger partial charge in [-0.15, -0.1) is 0 Å². The van der Waals surface area contributed by atoms with E-state index < -0.39 is 31.0 Å². The van der Waals surface area contributed by atoms with Gasteiger partial charge in [0.25, 0.3) is 0 Å². The molecule has 0 spiro atoms. The molecule has 1 rings (SSSR count). The molecule has 1 aromatic rings. The Morgan fingerprint density at radius 1 is 1.33 bits per heavy atom. The number of carboxylic acid groups (broad SMARTS) is 1. The number of rotatable bonds is 5. The maximum atomic E-state index is 12.7. The third kappa shape index (κ3) is 4.83. The average molecular weight is 282 g/mol. The molecule has 0 saturated carbocycles. The van der Waals surface area contributed by atoms with Crippen LogP contribution < -0.4 is 5.32 Å².